The predicted molar refractivity (Wildman–Crippen MR) is 132 cm³/mol. The van der Waals surface area contributed by atoms with Gasteiger partial charge in [-0.1, -0.05) is 85.1 Å². The van der Waals surface area contributed by atoms with E-state index in [0.29, 0.717) is 36.0 Å². The van der Waals surface area contributed by atoms with E-state index in [1.807, 2.05) is 36.4 Å². The summed E-state index contributed by atoms with van der Waals surface area (Å²) in [7, 11) is 4.28. The normalized spacial score (nSPS) is 16.9. The summed E-state index contributed by atoms with van der Waals surface area (Å²) in [5.41, 5.74) is 0.877. The van der Waals surface area contributed by atoms with Crippen LogP contribution >= 0.6 is 0 Å². The molecule has 1 aromatic heterocycles. The van der Waals surface area contributed by atoms with Crippen LogP contribution in [0.2, 0.25) is 0 Å². The summed E-state index contributed by atoms with van der Waals surface area (Å²) in [5, 5.41) is 16.2. The number of likely N-dealkylation sites (N-methyl/N-ethyl adjacent to an activating group) is 1. The molecule has 1 N–H and O–H groups in total. The summed E-state index contributed by atoms with van der Waals surface area (Å²) in [4.78, 5) is 4.72. The lowest BCUT2D eigenvalue weighted by atomic mass is 9.73. The summed E-state index contributed by atoms with van der Waals surface area (Å²) in [6.45, 7) is 2.83. The Hall–Kier alpha value is -2.54. The van der Waals surface area contributed by atoms with Crippen molar-refractivity contribution >= 4 is 0 Å². The molecular weight excluding hydrogens is 426 g/mol. The van der Waals surface area contributed by atoms with Crippen molar-refractivity contribution in [2.75, 3.05) is 33.9 Å². The Morgan fingerprint density at radius 2 is 1.65 bits per heavy atom. The van der Waals surface area contributed by atoms with E-state index < -0.39 is 5.60 Å². The first kappa shape index (κ1) is 24.6. The molecule has 2 aromatic carbocycles. The molecule has 0 radical (unpaired) electrons. The van der Waals surface area contributed by atoms with Gasteiger partial charge in [0.1, 0.15) is 13.1 Å². The van der Waals surface area contributed by atoms with Crippen molar-refractivity contribution in [2.45, 2.75) is 50.7 Å². The van der Waals surface area contributed by atoms with Gasteiger partial charge < -0.3 is 18.8 Å². The fourth-order valence-corrected chi connectivity index (χ4v) is 4.93. The molecule has 3 aromatic rings. The van der Waals surface area contributed by atoms with Crippen molar-refractivity contribution in [1.82, 2.24) is 10.1 Å². The van der Waals surface area contributed by atoms with Crippen LogP contribution in [0, 0.1) is 5.92 Å². The van der Waals surface area contributed by atoms with Crippen LogP contribution in [0.3, 0.4) is 0 Å². The molecule has 0 saturated heterocycles. The number of ether oxygens (including phenoxy) is 1. The molecule has 1 unspecified atom stereocenters. The number of rotatable bonds is 11. The minimum atomic E-state index is -1.25. The third-order valence-electron chi connectivity index (χ3n) is 6.99. The molecule has 1 saturated carbocycles. The van der Waals surface area contributed by atoms with Crippen LogP contribution in [-0.2, 0) is 23.3 Å². The zero-order valence-electron chi connectivity index (χ0n) is 20.5. The van der Waals surface area contributed by atoms with Crippen LogP contribution in [0.4, 0.5) is 0 Å². The second-order valence-electron chi connectivity index (χ2n) is 10.1. The second kappa shape index (κ2) is 11.3. The van der Waals surface area contributed by atoms with Crippen LogP contribution in [0.15, 0.2) is 65.2 Å². The molecule has 0 spiro atoms. The first-order valence-corrected chi connectivity index (χ1v) is 12.5. The van der Waals surface area contributed by atoms with Gasteiger partial charge in [-0.15, -0.1) is 0 Å². The van der Waals surface area contributed by atoms with E-state index in [4.69, 9.17) is 14.2 Å². The highest BCUT2D eigenvalue weighted by Gasteiger charge is 2.45. The van der Waals surface area contributed by atoms with E-state index in [1.54, 1.807) is 0 Å². The lowest BCUT2D eigenvalue weighted by Gasteiger charge is -2.36. The van der Waals surface area contributed by atoms with Gasteiger partial charge in [-0.05, 0) is 30.4 Å². The van der Waals surface area contributed by atoms with Gasteiger partial charge in [0.15, 0.2) is 5.60 Å². The largest absolute Gasteiger partial charge is 0.375 e. The summed E-state index contributed by atoms with van der Waals surface area (Å²) in [6.07, 6.45) is 6.30. The molecule has 4 rings (SSSR count). The van der Waals surface area contributed by atoms with Gasteiger partial charge in [0, 0.05) is 5.92 Å². The second-order valence-corrected chi connectivity index (χ2v) is 10.1. The number of nitrogens with zero attached hydrogens (tertiary/aromatic N) is 3. The Morgan fingerprint density at radius 1 is 0.971 bits per heavy atom. The SMILES string of the molecule is C[N+](C)(CCOCCc1ccccc1)Cc1noc(C(O)(c2ccccc2)C2CCCCC2)n1. The molecule has 182 valence electrons. The standard InChI is InChI=1S/C28H38N3O3/c1-31(2,19-21-33-20-18-23-12-6-3-7-13-23)22-26-29-27(34-30-26)28(32,24-14-8-4-9-15-24)25-16-10-5-11-17-25/h3-4,6-9,12-15,25,32H,5,10-11,16-22H2,1-2H3/q+1. The fourth-order valence-electron chi connectivity index (χ4n) is 4.93. The number of hydrogen-bond donors (Lipinski definition) is 1. The molecule has 1 heterocycles. The van der Waals surface area contributed by atoms with Crippen LogP contribution in [0.25, 0.3) is 0 Å². The highest BCUT2D eigenvalue weighted by molar-refractivity contribution is 5.29. The molecule has 6 heteroatoms. The maximum absolute atomic E-state index is 12.0. The van der Waals surface area contributed by atoms with E-state index in [0.717, 1.165) is 44.2 Å². The minimum absolute atomic E-state index is 0.0810. The topological polar surface area (TPSA) is 68.4 Å². The van der Waals surface area contributed by atoms with E-state index in [9.17, 15) is 5.11 Å². The quantitative estimate of drug-likeness (QED) is 0.328. The molecule has 34 heavy (non-hydrogen) atoms. The number of hydrogen-bond acceptors (Lipinski definition) is 5. The van der Waals surface area contributed by atoms with Crippen molar-refractivity contribution in [3.8, 4) is 0 Å². The average molecular weight is 465 g/mol. The van der Waals surface area contributed by atoms with Crippen molar-refractivity contribution in [3.63, 3.8) is 0 Å². The summed E-state index contributed by atoms with van der Waals surface area (Å²) < 4.78 is 12.3. The molecule has 1 atom stereocenters. The van der Waals surface area contributed by atoms with Gasteiger partial charge in [0.25, 0.3) is 5.89 Å². The van der Waals surface area contributed by atoms with E-state index in [2.05, 4.69) is 43.5 Å². The molecule has 0 bridgehead atoms. The maximum atomic E-state index is 12.0. The van der Waals surface area contributed by atoms with Crippen molar-refractivity contribution in [2.24, 2.45) is 5.92 Å². The summed E-state index contributed by atoms with van der Waals surface area (Å²) >= 11 is 0. The van der Waals surface area contributed by atoms with E-state index >= 15 is 0 Å². The molecular formula is C28H38N3O3+. The Balaban J connectivity index is 1.37. The van der Waals surface area contributed by atoms with Gasteiger partial charge in [-0.2, -0.15) is 4.98 Å². The van der Waals surface area contributed by atoms with E-state index in [1.165, 1.54) is 12.0 Å². The third-order valence-corrected chi connectivity index (χ3v) is 6.99. The number of aromatic nitrogens is 2. The Bertz CT molecular complexity index is 1000. The summed E-state index contributed by atoms with van der Waals surface area (Å²) in [5.74, 6) is 1.02. The van der Waals surface area contributed by atoms with Gasteiger partial charge in [-0.3, -0.25) is 0 Å². The van der Waals surface area contributed by atoms with Gasteiger partial charge in [0.2, 0.25) is 5.82 Å². The van der Waals surface area contributed by atoms with E-state index in [-0.39, 0.29) is 5.92 Å². The average Bonchev–Trinajstić information content (AvgIpc) is 3.33. The molecule has 1 aliphatic carbocycles. The van der Waals surface area contributed by atoms with Gasteiger partial charge in [-0.25, -0.2) is 0 Å². The van der Waals surface area contributed by atoms with Gasteiger partial charge in [0.05, 0.1) is 27.3 Å². The maximum Gasteiger partial charge on any atom is 0.263 e. The predicted octanol–water partition coefficient (Wildman–Crippen LogP) is 4.72. The minimum Gasteiger partial charge on any atom is -0.375 e. The summed E-state index contributed by atoms with van der Waals surface area (Å²) in [6, 6.07) is 20.2. The van der Waals surface area contributed by atoms with Crippen molar-refractivity contribution < 1.29 is 18.8 Å². The molecule has 0 aliphatic heterocycles. The Morgan fingerprint density at radius 3 is 2.35 bits per heavy atom. The molecule has 6 nitrogen and oxygen atoms in total. The molecule has 1 aliphatic rings. The van der Waals surface area contributed by atoms with Crippen LogP contribution in [0.1, 0.15) is 54.9 Å². The first-order valence-electron chi connectivity index (χ1n) is 12.5. The van der Waals surface area contributed by atoms with Gasteiger partial charge >= 0.3 is 0 Å². The number of benzene rings is 2. The molecule has 1 fully saturated rings. The van der Waals surface area contributed by atoms with Crippen LogP contribution in [-0.4, -0.2) is 53.6 Å². The first-order chi connectivity index (χ1) is 16.5. The Labute approximate surface area is 203 Å². The molecule has 0 amide bonds. The monoisotopic (exact) mass is 464 g/mol. The smallest absolute Gasteiger partial charge is 0.263 e. The number of quaternary nitrogens is 1. The lowest BCUT2D eigenvalue weighted by molar-refractivity contribution is -0.904. The zero-order valence-corrected chi connectivity index (χ0v) is 20.5. The van der Waals surface area contributed by atoms with Crippen LogP contribution in [0.5, 0.6) is 0 Å². The fraction of sp³-hybridized carbons (Fsp3) is 0.500. The zero-order chi connectivity index (χ0) is 23.9. The Kier molecular flexibility index (Phi) is 8.14. The highest BCUT2D eigenvalue weighted by atomic mass is 16.5. The highest BCUT2D eigenvalue weighted by Crippen LogP contribution is 2.43. The van der Waals surface area contributed by atoms with Crippen molar-refractivity contribution in [1.29, 1.82) is 0 Å². The third kappa shape index (κ3) is 6.12. The lowest BCUT2D eigenvalue weighted by Crippen LogP contribution is -2.42. The van der Waals surface area contributed by atoms with Crippen molar-refractivity contribution in [3.05, 3.63) is 83.5 Å². The number of aliphatic hydroxyl groups is 1. The van der Waals surface area contributed by atoms with Crippen LogP contribution < -0.4 is 0 Å².